The number of benzene rings is 2. The van der Waals surface area contributed by atoms with E-state index in [1.165, 1.54) is 0 Å². The number of halogens is 1. The molecule has 1 saturated heterocycles. The molecule has 0 aromatic heterocycles. The lowest BCUT2D eigenvalue weighted by Gasteiger charge is -2.15. The number of thiocarbonyl (C=S) groups is 1. The third kappa shape index (κ3) is 5.59. The highest BCUT2D eigenvalue weighted by Gasteiger charge is 2.33. The number of thioether (sulfide) groups is 1. The Bertz CT molecular complexity index is 943. The van der Waals surface area contributed by atoms with E-state index in [-0.39, 0.29) is 10.2 Å². The molecular formula is C21H19ClN2O3S2. The molecule has 5 nitrogen and oxygen atoms in total. The van der Waals surface area contributed by atoms with Crippen LogP contribution in [0.4, 0.5) is 0 Å². The monoisotopic (exact) mass is 446 g/mol. The summed E-state index contributed by atoms with van der Waals surface area (Å²) >= 11 is 12.2. The molecule has 0 aliphatic carbocycles. The summed E-state index contributed by atoms with van der Waals surface area (Å²) in [7, 11) is 0. The Balaban J connectivity index is 1.66. The van der Waals surface area contributed by atoms with Gasteiger partial charge in [-0.05, 0) is 66.7 Å². The van der Waals surface area contributed by atoms with Crippen LogP contribution in [0.2, 0.25) is 5.02 Å². The molecule has 1 aliphatic rings. The maximum Gasteiger partial charge on any atom is 0.285 e. The summed E-state index contributed by atoms with van der Waals surface area (Å²) in [5, 5.41) is 1.61. The van der Waals surface area contributed by atoms with Crippen LogP contribution in [0.25, 0.3) is 6.08 Å². The highest BCUT2D eigenvalue weighted by Crippen LogP contribution is 2.31. The molecule has 0 saturated carbocycles. The van der Waals surface area contributed by atoms with Crippen molar-refractivity contribution in [1.82, 2.24) is 10.4 Å². The van der Waals surface area contributed by atoms with Gasteiger partial charge < -0.3 is 4.74 Å². The Morgan fingerprint density at radius 2 is 1.90 bits per heavy atom. The average Bonchev–Trinajstić information content (AvgIpc) is 2.97. The number of carbonyl (C=O) groups is 2. The molecule has 1 N–H and O–H groups in total. The molecule has 2 amide bonds. The van der Waals surface area contributed by atoms with Gasteiger partial charge in [-0.25, -0.2) is 0 Å². The molecule has 150 valence electrons. The first kappa shape index (κ1) is 21.4. The Morgan fingerprint density at radius 1 is 1.21 bits per heavy atom. The zero-order chi connectivity index (χ0) is 20.8. The second-order valence-electron chi connectivity index (χ2n) is 6.24. The summed E-state index contributed by atoms with van der Waals surface area (Å²) in [5.74, 6) is -0.0169. The van der Waals surface area contributed by atoms with E-state index in [0.717, 1.165) is 40.9 Å². The van der Waals surface area contributed by atoms with Gasteiger partial charge in [0.15, 0.2) is 4.32 Å². The minimum atomic E-state index is -0.437. The summed E-state index contributed by atoms with van der Waals surface area (Å²) in [6.45, 7) is 2.79. The number of nitrogens with one attached hydrogen (secondary N) is 1. The number of unbranched alkanes of at least 4 members (excludes halogenated alkanes) is 1. The van der Waals surface area contributed by atoms with E-state index in [4.69, 9.17) is 28.6 Å². The Labute approximate surface area is 184 Å². The Kier molecular flexibility index (Phi) is 7.30. The second kappa shape index (κ2) is 9.91. The van der Waals surface area contributed by atoms with Gasteiger partial charge in [0, 0.05) is 10.6 Å². The van der Waals surface area contributed by atoms with Crippen molar-refractivity contribution in [2.75, 3.05) is 6.61 Å². The van der Waals surface area contributed by atoms with Crippen LogP contribution in [0, 0.1) is 0 Å². The van der Waals surface area contributed by atoms with Gasteiger partial charge in [0.1, 0.15) is 5.75 Å². The fraction of sp³-hybridized carbons (Fsp3) is 0.190. The molecule has 1 aliphatic heterocycles. The van der Waals surface area contributed by atoms with Crippen molar-refractivity contribution in [3.05, 3.63) is 69.6 Å². The fourth-order valence-corrected chi connectivity index (χ4v) is 3.78. The molecule has 2 aromatic rings. The van der Waals surface area contributed by atoms with Crippen molar-refractivity contribution in [2.45, 2.75) is 19.8 Å². The third-order valence-electron chi connectivity index (χ3n) is 4.06. The lowest BCUT2D eigenvalue weighted by Crippen LogP contribution is -2.44. The predicted molar refractivity (Wildman–Crippen MR) is 121 cm³/mol. The zero-order valence-electron chi connectivity index (χ0n) is 15.7. The van der Waals surface area contributed by atoms with Crippen LogP contribution in [0.1, 0.15) is 35.7 Å². The van der Waals surface area contributed by atoms with Gasteiger partial charge in [0.05, 0.1) is 11.5 Å². The SMILES string of the molecule is CCCCOc1ccc(/C=C2\SC(=S)N(NC(=O)c3ccc(Cl)cc3)C2=O)cc1. The fourth-order valence-electron chi connectivity index (χ4n) is 2.48. The molecule has 8 heteroatoms. The number of ether oxygens (including phenoxy) is 1. The van der Waals surface area contributed by atoms with Gasteiger partial charge in [0.2, 0.25) is 0 Å². The lowest BCUT2D eigenvalue weighted by molar-refractivity contribution is -0.123. The third-order valence-corrected chi connectivity index (χ3v) is 5.61. The second-order valence-corrected chi connectivity index (χ2v) is 8.35. The molecule has 1 heterocycles. The lowest BCUT2D eigenvalue weighted by atomic mass is 10.2. The van der Waals surface area contributed by atoms with Crippen molar-refractivity contribution >= 4 is 57.8 Å². The van der Waals surface area contributed by atoms with Gasteiger partial charge in [-0.2, -0.15) is 5.01 Å². The molecule has 29 heavy (non-hydrogen) atoms. The van der Waals surface area contributed by atoms with Gasteiger partial charge in [-0.3, -0.25) is 15.0 Å². The van der Waals surface area contributed by atoms with E-state index in [1.807, 2.05) is 24.3 Å². The summed E-state index contributed by atoms with van der Waals surface area (Å²) in [5.41, 5.74) is 3.77. The number of rotatable bonds is 7. The average molecular weight is 447 g/mol. The van der Waals surface area contributed by atoms with Crippen LogP contribution in [0.15, 0.2) is 53.4 Å². The van der Waals surface area contributed by atoms with Crippen molar-refractivity contribution in [3.8, 4) is 5.75 Å². The molecular weight excluding hydrogens is 428 g/mol. The maximum atomic E-state index is 12.7. The number of hydrogen-bond donors (Lipinski definition) is 1. The topological polar surface area (TPSA) is 58.6 Å². The summed E-state index contributed by atoms with van der Waals surface area (Å²) in [6.07, 6.45) is 3.82. The van der Waals surface area contributed by atoms with Crippen LogP contribution in [-0.2, 0) is 4.79 Å². The van der Waals surface area contributed by atoms with Crippen molar-refractivity contribution < 1.29 is 14.3 Å². The summed E-state index contributed by atoms with van der Waals surface area (Å²) in [4.78, 5) is 25.5. The summed E-state index contributed by atoms with van der Waals surface area (Å²) < 4.78 is 5.91. The molecule has 0 unspecified atom stereocenters. The molecule has 0 radical (unpaired) electrons. The van der Waals surface area contributed by atoms with Gasteiger partial charge in [-0.1, -0.05) is 48.8 Å². The molecule has 1 fully saturated rings. The Hall–Kier alpha value is -2.35. The highest BCUT2D eigenvalue weighted by atomic mass is 35.5. The van der Waals surface area contributed by atoms with Crippen molar-refractivity contribution in [3.63, 3.8) is 0 Å². The number of hydrogen-bond acceptors (Lipinski definition) is 5. The van der Waals surface area contributed by atoms with Gasteiger partial charge >= 0.3 is 0 Å². The van der Waals surface area contributed by atoms with Gasteiger partial charge in [0.25, 0.3) is 11.8 Å². The quantitative estimate of drug-likeness (QED) is 0.365. The molecule has 0 spiro atoms. The molecule has 3 rings (SSSR count). The molecule has 0 bridgehead atoms. The van der Waals surface area contributed by atoms with Crippen LogP contribution < -0.4 is 10.2 Å². The summed E-state index contributed by atoms with van der Waals surface area (Å²) in [6, 6.07) is 13.9. The molecule has 0 atom stereocenters. The maximum absolute atomic E-state index is 12.7. The number of carbonyl (C=O) groups excluding carboxylic acids is 2. The van der Waals surface area contributed by atoms with E-state index < -0.39 is 5.91 Å². The first-order valence-corrected chi connectivity index (χ1v) is 10.7. The van der Waals surface area contributed by atoms with Crippen LogP contribution >= 0.6 is 35.6 Å². The van der Waals surface area contributed by atoms with E-state index >= 15 is 0 Å². The van der Waals surface area contributed by atoms with Crippen molar-refractivity contribution in [1.29, 1.82) is 0 Å². The van der Waals surface area contributed by atoms with E-state index in [2.05, 4.69) is 12.3 Å². The minimum Gasteiger partial charge on any atom is -0.494 e. The standard InChI is InChI=1S/C21H19ClN2O3S2/c1-2-3-12-27-17-10-4-14(5-11-17)13-18-20(26)24(21(28)29-18)23-19(25)15-6-8-16(22)9-7-15/h4-11,13H,2-3,12H2,1H3,(H,23,25)/b18-13-. The first-order valence-electron chi connectivity index (χ1n) is 9.05. The van der Waals surface area contributed by atoms with Crippen LogP contribution in [0.3, 0.4) is 0 Å². The largest absolute Gasteiger partial charge is 0.494 e. The number of nitrogens with zero attached hydrogens (tertiary/aromatic N) is 1. The first-order chi connectivity index (χ1) is 14.0. The number of hydrazine groups is 1. The van der Waals surface area contributed by atoms with E-state index in [9.17, 15) is 9.59 Å². The van der Waals surface area contributed by atoms with Crippen LogP contribution in [-0.4, -0.2) is 27.8 Å². The number of amides is 2. The normalized spacial score (nSPS) is 15.1. The Morgan fingerprint density at radius 3 is 2.55 bits per heavy atom. The predicted octanol–water partition coefficient (Wildman–Crippen LogP) is 5.07. The van der Waals surface area contributed by atoms with Crippen molar-refractivity contribution in [2.24, 2.45) is 0 Å². The van der Waals surface area contributed by atoms with Gasteiger partial charge in [-0.15, -0.1) is 0 Å². The van der Waals surface area contributed by atoms with E-state index in [1.54, 1.807) is 30.3 Å². The smallest absolute Gasteiger partial charge is 0.285 e. The highest BCUT2D eigenvalue weighted by molar-refractivity contribution is 8.26. The minimum absolute atomic E-state index is 0.267. The van der Waals surface area contributed by atoms with E-state index in [0.29, 0.717) is 22.1 Å². The molecule has 2 aromatic carbocycles. The zero-order valence-corrected chi connectivity index (χ0v) is 18.1. The van der Waals surface area contributed by atoms with Crippen LogP contribution in [0.5, 0.6) is 5.75 Å².